The van der Waals surface area contributed by atoms with Crippen LogP contribution in [0.1, 0.15) is 33.1 Å². The molecule has 4 nitrogen and oxygen atoms in total. The third-order valence-corrected chi connectivity index (χ3v) is 3.91. The van der Waals surface area contributed by atoms with E-state index in [2.05, 4.69) is 17.6 Å². The number of carbonyl (C=O) groups excluding carboxylic acids is 1. The van der Waals surface area contributed by atoms with Gasteiger partial charge in [0.15, 0.2) is 0 Å². The van der Waals surface area contributed by atoms with Crippen LogP contribution in [0.15, 0.2) is 18.2 Å². The Bertz CT molecular complexity index is 493. The Kier molecular flexibility index (Phi) is 5.56. The van der Waals surface area contributed by atoms with E-state index in [0.717, 1.165) is 25.8 Å². The van der Waals surface area contributed by atoms with E-state index in [9.17, 15) is 9.18 Å². The van der Waals surface area contributed by atoms with Gasteiger partial charge in [-0.1, -0.05) is 13.3 Å². The second-order valence-corrected chi connectivity index (χ2v) is 5.37. The molecule has 1 aromatic carbocycles. The summed E-state index contributed by atoms with van der Waals surface area (Å²) >= 11 is 0. The molecule has 1 fully saturated rings. The van der Waals surface area contributed by atoms with E-state index in [0.29, 0.717) is 24.0 Å². The van der Waals surface area contributed by atoms with E-state index in [1.165, 1.54) is 12.1 Å². The maximum absolute atomic E-state index is 13.3. The summed E-state index contributed by atoms with van der Waals surface area (Å²) in [5.74, 6) is 0.495. The Morgan fingerprint density at radius 3 is 3.00 bits per heavy atom. The van der Waals surface area contributed by atoms with Crippen LogP contribution >= 0.6 is 0 Å². The lowest BCUT2D eigenvalue weighted by molar-refractivity contribution is -0.119. The van der Waals surface area contributed by atoms with Crippen LogP contribution in [0.2, 0.25) is 0 Å². The molecule has 1 aromatic rings. The Morgan fingerprint density at radius 1 is 1.48 bits per heavy atom. The fraction of sp³-hybridized carbons (Fsp3) is 0.562. The molecule has 1 aliphatic rings. The largest absolute Gasteiger partial charge is 0.492 e. The van der Waals surface area contributed by atoms with Gasteiger partial charge in [0.05, 0.1) is 18.3 Å². The second kappa shape index (κ2) is 7.41. The molecule has 2 atom stereocenters. The standard InChI is InChI=1S/C16H23FN2O2/c1-3-11-7-8-18-14(9-11)16(20)19-13-6-5-12(17)10-15(13)21-4-2/h5-6,10-11,14,18H,3-4,7-9H2,1-2H3,(H,19,20). The van der Waals surface area contributed by atoms with Crippen molar-refractivity contribution in [2.75, 3.05) is 18.5 Å². The highest BCUT2D eigenvalue weighted by molar-refractivity contribution is 5.96. The summed E-state index contributed by atoms with van der Waals surface area (Å²) in [7, 11) is 0. The topological polar surface area (TPSA) is 50.4 Å². The normalized spacial score (nSPS) is 21.9. The molecule has 1 heterocycles. The minimum Gasteiger partial charge on any atom is -0.492 e. The highest BCUT2D eigenvalue weighted by Gasteiger charge is 2.26. The van der Waals surface area contributed by atoms with Crippen molar-refractivity contribution in [3.63, 3.8) is 0 Å². The van der Waals surface area contributed by atoms with Gasteiger partial charge < -0.3 is 15.4 Å². The maximum Gasteiger partial charge on any atom is 0.241 e. The first-order chi connectivity index (χ1) is 10.1. The summed E-state index contributed by atoms with van der Waals surface area (Å²) in [5.41, 5.74) is 0.517. The summed E-state index contributed by atoms with van der Waals surface area (Å²) in [4.78, 5) is 12.3. The molecule has 0 aliphatic carbocycles. The molecule has 0 saturated carbocycles. The molecule has 0 aromatic heterocycles. The van der Waals surface area contributed by atoms with Crippen molar-refractivity contribution in [2.24, 2.45) is 5.92 Å². The summed E-state index contributed by atoms with van der Waals surface area (Å²) in [6.07, 6.45) is 3.04. The van der Waals surface area contributed by atoms with Gasteiger partial charge in [-0.15, -0.1) is 0 Å². The molecule has 21 heavy (non-hydrogen) atoms. The zero-order valence-corrected chi connectivity index (χ0v) is 12.6. The summed E-state index contributed by atoms with van der Waals surface area (Å²) in [6.45, 7) is 5.26. The highest BCUT2D eigenvalue weighted by atomic mass is 19.1. The average molecular weight is 294 g/mol. The van der Waals surface area contributed by atoms with Crippen molar-refractivity contribution in [1.82, 2.24) is 5.32 Å². The van der Waals surface area contributed by atoms with Gasteiger partial charge in [-0.3, -0.25) is 4.79 Å². The van der Waals surface area contributed by atoms with Gasteiger partial charge in [-0.2, -0.15) is 0 Å². The minimum atomic E-state index is -0.377. The van der Waals surface area contributed by atoms with Gasteiger partial charge in [0.1, 0.15) is 11.6 Å². The number of hydrogen-bond donors (Lipinski definition) is 2. The Hall–Kier alpha value is -1.62. The summed E-state index contributed by atoms with van der Waals surface area (Å²) in [6, 6.07) is 3.96. The number of rotatable bonds is 5. The number of benzene rings is 1. The van der Waals surface area contributed by atoms with E-state index in [4.69, 9.17) is 4.74 Å². The fourth-order valence-electron chi connectivity index (χ4n) is 2.66. The van der Waals surface area contributed by atoms with Crippen LogP contribution in [0.3, 0.4) is 0 Å². The van der Waals surface area contributed by atoms with Crippen molar-refractivity contribution < 1.29 is 13.9 Å². The van der Waals surface area contributed by atoms with E-state index in [1.54, 1.807) is 6.07 Å². The Morgan fingerprint density at radius 2 is 2.29 bits per heavy atom. The van der Waals surface area contributed by atoms with Gasteiger partial charge in [0, 0.05) is 6.07 Å². The quantitative estimate of drug-likeness (QED) is 0.878. The van der Waals surface area contributed by atoms with Gasteiger partial charge in [-0.05, 0) is 44.4 Å². The zero-order valence-electron chi connectivity index (χ0n) is 12.6. The second-order valence-electron chi connectivity index (χ2n) is 5.37. The van der Waals surface area contributed by atoms with Gasteiger partial charge in [-0.25, -0.2) is 4.39 Å². The first-order valence-corrected chi connectivity index (χ1v) is 7.60. The van der Waals surface area contributed by atoms with Crippen LogP contribution in [0.5, 0.6) is 5.75 Å². The van der Waals surface area contributed by atoms with Crippen molar-refractivity contribution in [2.45, 2.75) is 39.2 Å². The average Bonchev–Trinajstić information content (AvgIpc) is 2.50. The fourth-order valence-corrected chi connectivity index (χ4v) is 2.66. The molecule has 0 spiro atoms. The number of amides is 1. The predicted molar refractivity (Wildman–Crippen MR) is 81.0 cm³/mol. The predicted octanol–water partition coefficient (Wildman–Crippen LogP) is 2.94. The molecular weight excluding hydrogens is 271 g/mol. The van der Waals surface area contributed by atoms with Crippen LogP contribution in [0.25, 0.3) is 0 Å². The lowest BCUT2D eigenvalue weighted by atomic mass is 9.90. The van der Waals surface area contributed by atoms with E-state index in [1.807, 2.05) is 6.92 Å². The Balaban J connectivity index is 2.05. The maximum atomic E-state index is 13.3. The molecule has 0 radical (unpaired) electrons. The lowest BCUT2D eigenvalue weighted by Gasteiger charge is -2.29. The molecular formula is C16H23FN2O2. The molecule has 1 saturated heterocycles. The highest BCUT2D eigenvalue weighted by Crippen LogP contribution is 2.26. The molecule has 2 unspecified atom stereocenters. The number of carbonyl (C=O) groups is 1. The zero-order chi connectivity index (χ0) is 15.2. The summed E-state index contributed by atoms with van der Waals surface area (Å²) < 4.78 is 18.6. The molecule has 1 amide bonds. The minimum absolute atomic E-state index is 0.0827. The van der Waals surface area contributed by atoms with Gasteiger partial charge >= 0.3 is 0 Å². The van der Waals surface area contributed by atoms with Crippen molar-refractivity contribution >= 4 is 11.6 Å². The van der Waals surface area contributed by atoms with Gasteiger partial charge in [0.2, 0.25) is 5.91 Å². The molecule has 116 valence electrons. The van der Waals surface area contributed by atoms with E-state index >= 15 is 0 Å². The number of piperidine rings is 1. The van der Waals surface area contributed by atoms with E-state index in [-0.39, 0.29) is 17.8 Å². The van der Waals surface area contributed by atoms with Crippen LogP contribution < -0.4 is 15.4 Å². The molecule has 5 heteroatoms. The number of ether oxygens (including phenoxy) is 1. The van der Waals surface area contributed by atoms with Crippen LogP contribution in [-0.2, 0) is 4.79 Å². The molecule has 0 bridgehead atoms. The first kappa shape index (κ1) is 15.8. The first-order valence-electron chi connectivity index (χ1n) is 7.60. The van der Waals surface area contributed by atoms with Crippen LogP contribution in [-0.4, -0.2) is 25.1 Å². The third kappa shape index (κ3) is 4.17. The van der Waals surface area contributed by atoms with Crippen LogP contribution in [0, 0.1) is 11.7 Å². The molecule has 2 N–H and O–H groups in total. The lowest BCUT2D eigenvalue weighted by Crippen LogP contribution is -2.46. The summed E-state index contributed by atoms with van der Waals surface area (Å²) in [5, 5.41) is 6.08. The third-order valence-electron chi connectivity index (χ3n) is 3.91. The molecule has 1 aliphatic heterocycles. The number of hydrogen-bond acceptors (Lipinski definition) is 3. The number of anilines is 1. The Labute approximate surface area is 125 Å². The smallest absolute Gasteiger partial charge is 0.241 e. The number of halogens is 1. The van der Waals surface area contributed by atoms with Crippen LogP contribution in [0.4, 0.5) is 10.1 Å². The van der Waals surface area contributed by atoms with Crippen molar-refractivity contribution in [3.8, 4) is 5.75 Å². The van der Waals surface area contributed by atoms with E-state index < -0.39 is 0 Å². The molecule has 2 rings (SSSR count). The SMILES string of the molecule is CCOc1cc(F)ccc1NC(=O)C1CC(CC)CCN1. The van der Waals surface area contributed by atoms with Gasteiger partial charge in [0.25, 0.3) is 0 Å². The number of nitrogens with one attached hydrogen (secondary N) is 2. The van der Waals surface area contributed by atoms with Crippen molar-refractivity contribution in [1.29, 1.82) is 0 Å². The van der Waals surface area contributed by atoms with Crippen molar-refractivity contribution in [3.05, 3.63) is 24.0 Å². The monoisotopic (exact) mass is 294 g/mol.